The molecule has 2 amide bonds. The van der Waals surface area contributed by atoms with Gasteiger partial charge in [-0.05, 0) is 54.0 Å². The fourth-order valence-corrected chi connectivity index (χ4v) is 3.28. The first kappa shape index (κ1) is 23.6. The van der Waals surface area contributed by atoms with Crippen LogP contribution in [0.15, 0.2) is 84.9 Å². The van der Waals surface area contributed by atoms with Gasteiger partial charge in [0.1, 0.15) is 17.5 Å². The van der Waals surface area contributed by atoms with Crippen molar-refractivity contribution in [2.75, 3.05) is 14.2 Å². The number of ether oxygens (including phenoxy) is 2. The summed E-state index contributed by atoms with van der Waals surface area (Å²) in [5.41, 5.74) is 2.68. The number of benzene rings is 3. The topological polar surface area (TPSA) is 76.7 Å². The van der Waals surface area contributed by atoms with E-state index >= 15 is 0 Å². The molecule has 0 aliphatic rings. The Labute approximate surface area is 194 Å². The summed E-state index contributed by atoms with van der Waals surface area (Å²) in [6.45, 7) is 1.66. The highest BCUT2D eigenvalue weighted by atomic mass is 16.5. The van der Waals surface area contributed by atoms with Gasteiger partial charge in [-0.1, -0.05) is 54.6 Å². The molecular weight excluding hydrogens is 416 g/mol. The lowest BCUT2D eigenvalue weighted by Crippen LogP contribution is -2.45. The lowest BCUT2D eigenvalue weighted by Gasteiger charge is -2.23. The van der Waals surface area contributed by atoms with Gasteiger partial charge in [-0.25, -0.2) is 0 Å². The van der Waals surface area contributed by atoms with Gasteiger partial charge < -0.3 is 20.1 Å². The molecular formula is C27H28N2O4. The first-order valence-corrected chi connectivity index (χ1v) is 10.6. The van der Waals surface area contributed by atoms with Crippen LogP contribution in [0.5, 0.6) is 11.5 Å². The van der Waals surface area contributed by atoms with E-state index in [1.807, 2.05) is 78.9 Å². The van der Waals surface area contributed by atoms with E-state index in [0.717, 1.165) is 28.2 Å². The monoisotopic (exact) mass is 444 g/mol. The zero-order chi connectivity index (χ0) is 23.6. The van der Waals surface area contributed by atoms with E-state index in [1.165, 1.54) is 6.08 Å². The predicted molar refractivity (Wildman–Crippen MR) is 129 cm³/mol. The summed E-state index contributed by atoms with van der Waals surface area (Å²) < 4.78 is 10.5. The number of hydrogen-bond donors (Lipinski definition) is 2. The van der Waals surface area contributed by atoms with Crippen molar-refractivity contribution in [3.8, 4) is 11.5 Å². The number of hydrogen-bond acceptors (Lipinski definition) is 4. The minimum absolute atomic E-state index is 0.298. The average molecular weight is 445 g/mol. The number of carbonyl (C=O) groups excluding carboxylic acids is 2. The Bertz CT molecular complexity index is 1030. The first-order valence-electron chi connectivity index (χ1n) is 10.6. The maximum Gasteiger partial charge on any atom is 0.244 e. The molecule has 33 heavy (non-hydrogen) atoms. The van der Waals surface area contributed by atoms with Crippen molar-refractivity contribution in [1.29, 1.82) is 0 Å². The minimum Gasteiger partial charge on any atom is -0.497 e. The van der Waals surface area contributed by atoms with Gasteiger partial charge in [-0.15, -0.1) is 0 Å². The smallest absolute Gasteiger partial charge is 0.244 e. The van der Waals surface area contributed by atoms with Crippen molar-refractivity contribution in [2.45, 2.75) is 19.0 Å². The van der Waals surface area contributed by atoms with E-state index in [2.05, 4.69) is 10.6 Å². The molecule has 0 aliphatic heterocycles. The summed E-state index contributed by atoms with van der Waals surface area (Å²) in [5.74, 6) is 0.814. The predicted octanol–water partition coefficient (Wildman–Crippen LogP) is 4.13. The number of carbonyl (C=O) groups is 2. The third-order valence-corrected chi connectivity index (χ3v) is 5.16. The molecule has 170 valence electrons. The molecule has 0 aliphatic carbocycles. The summed E-state index contributed by atoms with van der Waals surface area (Å²) in [4.78, 5) is 25.2. The molecule has 0 bridgehead atoms. The quantitative estimate of drug-likeness (QED) is 0.487. The van der Waals surface area contributed by atoms with Crippen LogP contribution < -0.4 is 20.1 Å². The first-order chi connectivity index (χ1) is 16.0. The molecule has 2 N–H and O–H groups in total. The van der Waals surface area contributed by atoms with Crippen molar-refractivity contribution >= 4 is 17.9 Å². The molecule has 6 heteroatoms. The molecule has 3 rings (SSSR count). The van der Waals surface area contributed by atoms with E-state index < -0.39 is 12.1 Å². The Balaban J connectivity index is 1.72. The van der Waals surface area contributed by atoms with Gasteiger partial charge in [0.15, 0.2) is 0 Å². The lowest BCUT2D eigenvalue weighted by atomic mass is 9.98. The van der Waals surface area contributed by atoms with Crippen molar-refractivity contribution < 1.29 is 19.1 Å². The third-order valence-electron chi connectivity index (χ3n) is 5.16. The molecule has 0 aromatic heterocycles. The van der Waals surface area contributed by atoms with Crippen molar-refractivity contribution in [3.63, 3.8) is 0 Å². The van der Waals surface area contributed by atoms with Crippen LogP contribution in [0.2, 0.25) is 0 Å². The van der Waals surface area contributed by atoms with Crippen molar-refractivity contribution in [1.82, 2.24) is 10.6 Å². The maximum atomic E-state index is 13.0. The Morgan fingerprint density at radius 3 is 1.76 bits per heavy atom. The maximum absolute atomic E-state index is 13.0. The SMILES string of the molecule is COc1ccc(C(NC(=O)C(C)NC(=O)/C=C/c2ccccc2)c2ccc(OC)cc2)cc1. The Morgan fingerprint density at radius 1 is 0.758 bits per heavy atom. The summed E-state index contributed by atoms with van der Waals surface area (Å²) in [7, 11) is 3.21. The van der Waals surface area contributed by atoms with E-state index in [0.29, 0.717) is 0 Å². The molecule has 0 heterocycles. The van der Waals surface area contributed by atoms with Gasteiger partial charge in [0.25, 0.3) is 0 Å². The third kappa shape index (κ3) is 6.71. The summed E-state index contributed by atoms with van der Waals surface area (Å²) in [6.07, 6.45) is 3.13. The normalized spacial score (nSPS) is 11.8. The van der Waals surface area contributed by atoms with Crippen LogP contribution >= 0.6 is 0 Å². The van der Waals surface area contributed by atoms with Crippen molar-refractivity contribution in [2.24, 2.45) is 0 Å². The van der Waals surface area contributed by atoms with Crippen LogP contribution in [0.4, 0.5) is 0 Å². The highest BCUT2D eigenvalue weighted by molar-refractivity contribution is 5.95. The molecule has 0 fully saturated rings. The second-order valence-corrected chi connectivity index (χ2v) is 7.46. The summed E-state index contributed by atoms with van der Waals surface area (Å²) >= 11 is 0. The number of nitrogens with one attached hydrogen (secondary N) is 2. The van der Waals surface area contributed by atoms with E-state index in [1.54, 1.807) is 27.2 Å². The van der Waals surface area contributed by atoms with Gasteiger partial charge in [0.05, 0.1) is 20.3 Å². The van der Waals surface area contributed by atoms with Crippen LogP contribution in [0.25, 0.3) is 6.08 Å². The Hall–Kier alpha value is -4.06. The second kappa shape index (κ2) is 11.5. The molecule has 0 spiro atoms. The van der Waals surface area contributed by atoms with Crippen LogP contribution in [0.1, 0.15) is 29.7 Å². The van der Waals surface area contributed by atoms with Crippen LogP contribution in [-0.2, 0) is 9.59 Å². The average Bonchev–Trinajstić information content (AvgIpc) is 2.86. The van der Waals surface area contributed by atoms with E-state index in [9.17, 15) is 9.59 Å². The lowest BCUT2D eigenvalue weighted by molar-refractivity contribution is -0.127. The van der Waals surface area contributed by atoms with Crippen LogP contribution in [0, 0.1) is 0 Å². The van der Waals surface area contributed by atoms with Crippen molar-refractivity contribution in [3.05, 3.63) is 102 Å². The molecule has 3 aromatic carbocycles. The van der Waals surface area contributed by atoms with Gasteiger partial charge >= 0.3 is 0 Å². The van der Waals surface area contributed by atoms with Gasteiger partial charge in [-0.2, -0.15) is 0 Å². The number of rotatable bonds is 9. The molecule has 1 unspecified atom stereocenters. The molecule has 0 radical (unpaired) electrons. The fraction of sp³-hybridized carbons (Fsp3) is 0.185. The molecule has 0 saturated heterocycles. The zero-order valence-electron chi connectivity index (χ0n) is 18.9. The number of methoxy groups -OCH3 is 2. The van der Waals surface area contributed by atoms with Gasteiger partial charge in [0, 0.05) is 6.08 Å². The highest BCUT2D eigenvalue weighted by Gasteiger charge is 2.21. The fourth-order valence-electron chi connectivity index (χ4n) is 3.28. The Morgan fingerprint density at radius 2 is 1.27 bits per heavy atom. The van der Waals surface area contributed by atoms with Crippen LogP contribution in [0.3, 0.4) is 0 Å². The largest absolute Gasteiger partial charge is 0.497 e. The minimum atomic E-state index is -0.725. The van der Waals surface area contributed by atoms with E-state index in [-0.39, 0.29) is 11.8 Å². The van der Waals surface area contributed by atoms with E-state index in [4.69, 9.17) is 9.47 Å². The molecule has 1 atom stereocenters. The molecule has 6 nitrogen and oxygen atoms in total. The van der Waals surface area contributed by atoms with Gasteiger partial charge in [0.2, 0.25) is 11.8 Å². The summed E-state index contributed by atoms with van der Waals surface area (Å²) in [5, 5.41) is 5.76. The molecule has 0 saturated carbocycles. The van der Waals surface area contributed by atoms with Crippen LogP contribution in [-0.4, -0.2) is 32.1 Å². The Kier molecular flexibility index (Phi) is 8.24. The summed E-state index contributed by atoms with van der Waals surface area (Å²) in [6, 6.07) is 23.3. The molecule has 3 aromatic rings. The highest BCUT2D eigenvalue weighted by Crippen LogP contribution is 2.26. The standard InChI is InChI=1S/C27H28N2O4/c1-19(28-25(30)18-9-20-7-5-4-6-8-20)27(31)29-26(21-10-14-23(32-2)15-11-21)22-12-16-24(33-3)17-13-22/h4-19,26H,1-3H3,(H,28,30)(H,29,31)/b18-9+. The number of amides is 2. The second-order valence-electron chi connectivity index (χ2n) is 7.46. The zero-order valence-corrected chi connectivity index (χ0v) is 18.9. The van der Waals surface area contributed by atoms with Gasteiger partial charge in [-0.3, -0.25) is 9.59 Å².